The Kier molecular flexibility index (Phi) is 6.38. The SMILES string of the molecule is O=C(COC(=O)c1cc(Cl)c2c(c1)OCCO2)NCCOc1ccccc1. The number of fused-ring (bicyclic) bond motifs is 1. The topological polar surface area (TPSA) is 83.1 Å². The van der Waals surface area contributed by atoms with Gasteiger partial charge in [-0.25, -0.2) is 4.79 Å². The van der Waals surface area contributed by atoms with Gasteiger partial charge in [0, 0.05) is 0 Å². The maximum Gasteiger partial charge on any atom is 0.338 e. The number of carbonyl (C=O) groups excluding carboxylic acids is 2. The van der Waals surface area contributed by atoms with Crippen LogP contribution in [0.15, 0.2) is 42.5 Å². The second kappa shape index (κ2) is 9.14. The summed E-state index contributed by atoms with van der Waals surface area (Å²) in [5.74, 6) is 0.390. The molecule has 0 saturated carbocycles. The first kappa shape index (κ1) is 18.8. The van der Waals surface area contributed by atoms with Gasteiger partial charge < -0.3 is 24.3 Å². The Labute approximate surface area is 161 Å². The van der Waals surface area contributed by atoms with Crippen LogP contribution in [-0.2, 0) is 9.53 Å². The molecular weight excluding hydrogens is 374 g/mol. The third kappa shape index (κ3) is 5.27. The van der Waals surface area contributed by atoms with Crippen LogP contribution >= 0.6 is 11.6 Å². The molecule has 0 radical (unpaired) electrons. The molecule has 2 aromatic carbocycles. The van der Waals surface area contributed by atoms with E-state index in [0.29, 0.717) is 43.6 Å². The number of hydrogen-bond donors (Lipinski definition) is 1. The highest BCUT2D eigenvalue weighted by molar-refractivity contribution is 6.32. The summed E-state index contributed by atoms with van der Waals surface area (Å²) in [4.78, 5) is 23.9. The van der Waals surface area contributed by atoms with Crippen molar-refractivity contribution in [2.75, 3.05) is 33.0 Å². The van der Waals surface area contributed by atoms with Crippen LogP contribution in [0.5, 0.6) is 17.2 Å². The zero-order chi connectivity index (χ0) is 19.1. The van der Waals surface area contributed by atoms with Crippen molar-refractivity contribution in [2.24, 2.45) is 0 Å². The van der Waals surface area contributed by atoms with E-state index in [1.165, 1.54) is 12.1 Å². The second-order valence-corrected chi connectivity index (χ2v) is 5.98. The predicted molar refractivity (Wildman–Crippen MR) is 97.7 cm³/mol. The zero-order valence-corrected chi connectivity index (χ0v) is 15.2. The Morgan fingerprint density at radius 1 is 1.11 bits per heavy atom. The third-order valence-electron chi connectivity index (χ3n) is 3.60. The third-order valence-corrected chi connectivity index (χ3v) is 3.88. The lowest BCUT2D eigenvalue weighted by molar-refractivity contribution is -0.124. The van der Waals surface area contributed by atoms with Gasteiger partial charge in [0.2, 0.25) is 0 Å². The van der Waals surface area contributed by atoms with Gasteiger partial charge in [-0.05, 0) is 24.3 Å². The molecule has 1 heterocycles. The molecule has 0 fully saturated rings. The Balaban J connectivity index is 1.42. The van der Waals surface area contributed by atoms with Crippen molar-refractivity contribution in [3.63, 3.8) is 0 Å². The number of nitrogens with one attached hydrogen (secondary N) is 1. The van der Waals surface area contributed by atoms with Crippen LogP contribution in [0.4, 0.5) is 0 Å². The maximum atomic E-state index is 12.1. The van der Waals surface area contributed by atoms with E-state index in [-0.39, 0.29) is 10.6 Å². The van der Waals surface area contributed by atoms with Gasteiger partial charge in [-0.2, -0.15) is 0 Å². The molecule has 1 aliphatic rings. The van der Waals surface area contributed by atoms with E-state index in [4.69, 9.17) is 30.5 Å². The second-order valence-electron chi connectivity index (χ2n) is 5.57. The quantitative estimate of drug-likeness (QED) is 0.576. The number of esters is 1. The lowest BCUT2D eigenvalue weighted by atomic mass is 10.2. The molecule has 0 bridgehead atoms. The summed E-state index contributed by atoms with van der Waals surface area (Å²) in [5, 5.41) is 2.86. The number of para-hydroxylation sites is 1. The summed E-state index contributed by atoms with van der Waals surface area (Å²) < 4.78 is 21.3. The van der Waals surface area contributed by atoms with Gasteiger partial charge in [0.25, 0.3) is 5.91 Å². The molecule has 1 amide bonds. The monoisotopic (exact) mass is 391 g/mol. The fourth-order valence-corrected chi connectivity index (χ4v) is 2.64. The smallest absolute Gasteiger partial charge is 0.338 e. The Morgan fingerprint density at radius 2 is 1.89 bits per heavy atom. The van der Waals surface area contributed by atoms with Crippen molar-refractivity contribution in [3.8, 4) is 17.2 Å². The Morgan fingerprint density at radius 3 is 2.70 bits per heavy atom. The van der Waals surface area contributed by atoms with Crippen molar-refractivity contribution < 1.29 is 28.5 Å². The molecule has 0 atom stereocenters. The number of amides is 1. The molecule has 0 aliphatic carbocycles. The molecule has 3 rings (SSSR count). The summed E-state index contributed by atoms with van der Waals surface area (Å²) in [6.45, 7) is 0.957. The predicted octanol–water partition coefficient (Wildman–Crippen LogP) is 2.46. The number of ether oxygens (including phenoxy) is 4. The van der Waals surface area contributed by atoms with Crippen molar-refractivity contribution in [3.05, 3.63) is 53.1 Å². The van der Waals surface area contributed by atoms with Gasteiger partial charge in [0.05, 0.1) is 17.1 Å². The molecule has 8 heteroatoms. The molecule has 1 N–H and O–H groups in total. The lowest BCUT2D eigenvalue weighted by Gasteiger charge is -2.19. The van der Waals surface area contributed by atoms with Crippen LogP contribution in [0.2, 0.25) is 5.02 Å². The Hall–Kier alpha value is -2.93. The summed E-state index contributed by atoms with van der Waals surface area (Å²) in [6, 6.07) is 12.1. The number of halogens is 1. The molecule has 1 aliphatic heterocycles. The number of benzene rings is 2. The van der Waals surface area contributed by atoms with Gasteiger partial charge in [0.1, 0.15) is 25.6 Å². The summed E-state index contributed by atoms with van der Waals surface area (Å²) >= 11 is 6.08. The van der Waals surface area contributed by atoms with Crippen molar-refractivity contribution in [1.29, 1.82) is 0 Å². The summed E-state index contributed by atoms with van der Waals surface area (Å²) in [6.07, 6.45) is 0. The molecule has 27 heavy (non-hydrogen) atoms. The summed E-state index contributed by atoms with van der Waals surface area (Å²) in [7, 11) is 0. The van der Waals surface area contributed by atoms with Crippen molar-refractivity contribution in [2.45, 2.75) is 0 Å². The van der Waals surface area contributed by atoms with E-state index in [1.807, 2.05) is 30.3 Å². The normalized spacial score (nSPS) is 12.2. The standard InChI is InChI=1S/C19H18ClNO6/c20-15-10-13(11-16-18(15)26-9-8-25-16)19(23)27-12-17(22)21-6-7-24-14-4-2-1-3-5-14/h1-5,10-11H,6-9,12H2,(H,21,22). The fraction of sp³-hybridized carbons (Fsp3) is 0.263. The minimum Gasteiger partial charge on any atom is -0.492 e. The van der Waals surface area contributed by atoms with Crippen LogP contribution in [0.25, 0.3) is 0 Å². The van der Waals surface area contributed by atoms with Gasteiger partial charge in [0.15, 0.2) is 18.1 Å². The number of carbonyl (C=O) groups is 2. The van der Waals surface area contributed by atoms with Gasteiger partial charge >= 0.3 is 5.97 Å². The number of rotatable bonds is 7. The van der Waals surface area contributed by atoms with E-state index >= 15 is 0 Å². The van der Waals surface area contributed by atoms with E-state index in [0.717, 1.165) is 0 Å². The largest absolute Gasteiger partial charge is 0.492 e. The minimum absolute atomic E-state index is 0.185. The van der Waals surface area contributed by atoms with Gasteiger partial charge in [-0.15, -0.1) is 0 Å². The average Bonchev–Trinajstić information content (AvgIpc) is 2.70. The molecule has 0 spiro atoms. The molecule has 0 saturated heterocycles. The molecule has 142 valence electrons. The average molecular weight is 392 g/mol. The first-order valence-electron chi connectivity index (χ1n) is 8.34. The van der Waals surface area contributed by atoms with Crippen LogP contribution in [0.1, 0.15) is 10.4 Å². The van der Waals surface area contributed by atoms with E-state index in [9.17, 15) is 9.59 Å². The maximum absolute atomic E-state index is 12.1. The minimum atomic E-state index is -0.676. The van der Waals surface area contributed by atoms with E-state index in [2.05, 4.69) is 5.32 Å². The van der Waals surface area contributed by atoms with Crippen LogP contribution in [0.3, 0.4) is 0 Å². The molecule has 0 aromatic heterocycles. The van der Waals surface area contributed by atoms with Crippen LogP contribution < -0.4 is 19.5 Å². The highest BCUT2D eigenvalue weighted by Gasteiger charge is 2.20. The fourth-order valence-electron chi connectivity index (χ4n) is 2.37. The molecular formula is C19H18ClNO6. The van der Waals surface area contributed by atoms with Crippen molar-refractivity contribution >= 4 is 23.5 Å². The van der Waals surface area contributed by atoms with Crippen LogP contribution in [0, 0.1) is 0 Å². The highest BCUT2D eigenvalue weighted by atomic mass is 35.5. The van der Waals surface area contributed by atoms with Crippen molar-refractivity contribution in [1.82, 2.24) is 5.32 Å². The van der Waals surface area contributed by atoms with Crippen LogP contribution in [-0.4, -0.2) is 44.8 Å². The first-order valence-corrected chi connectivity index (χ1v) is 8.72. The molecule has 2 aromatic rings. The van der Waals surface area contributed by atoms with Gasteiger partial charge in [-0.1, -0.05) is 29.8 Å². The molecule has 0 unspecified atom stereocenters. The number of hydrogen-bond acceptors (Lipinski definition) is 6. The lowest BCUT2D eigenvalue weighted by Crippen LogP contribution is -2.32. The van der Waals surface area contributed by atoms with E-state index in [1.54, 1.807) is 0 Å². The first-order chi connectivity index (χ1) is 13.1. The summed E-state index contributed by atoms with van der Waals surface area (Å²) in [5.41, 5.74) is 0.185. The zero-order valence-electron chi connectivity index (χ0n) is 14.4. The highest BCUT2D eigenvalue weighted by Crippen LogP contribution is 2.38. The molecule has 7 nitrogen and oxygen atoms in total. The van der Waals surface area contributed by atoms with Gasteiger partial charge in [-0.3, -0.25) is 4.79 Å². The Bertz CT molecular complexity index is 811. The van der Waals surface area contributed by atoms with E-state index < -0.39 is 18.5 Å².